The van der Waals surface area contributed by atoms with Crippen molar-refractivity contribution in [2.24, 2.45) is 0 Å². The van der Waals surface area contributed by atoms with E-state index < -0.39 is 0 Å². The van der Waals surface area contributed by atoms with E-state index in [4.69, 9.17) is 0 Å². The predicted octanol–water partition coefficient (Wildman–Crippen LogP) is 2.27. The van der Waals surface area contributed by atoms with Gasteiger partial charge in [0.05, 0.1) is 18.4 Å². The minimum absolute atomic E-state index is 0.0136. The van der Waals surface area contributed by atoms with E-state index in [1.807, 2.05) is 42.0 Å². The quantitative estimate of drug-likeness (QED) is 0.466. The average Bonchev–Trinajstić information content (AvgIpc) is 3.34. The first-order valence-electron chi connectivity index (χ1n) is 8.08. The summed E-state index contributed by atoms with van der Waals surface area (Å²) in [5, 5.41) is 14.2. The molecule has 3 aromatic heterocycles. The van der Waals surface area contributed by atoms with E-state index in [2.05, 4.69) is 20.1 Å². The van der Waals surface area contributed by atoms with Crippen LogP contribution in [0.25, 0.3) is 10.7 Å². The summed E-state index contributed by atoms with van der Waals surface area (Å²) in [7, 11) is 1.36. The van der Waals surface area contributed by atoms with Crippen LogP contribution in [0.5, 0.6) is 0 Å². The molecule has 0 atom stereocenters. The molecule has 0 aliphatic heterocycles. The Kier molecular flexibility index (Phi) is 5.27. The third kappa shape index (κ3) is 3.72. The van der Waals surface area contributed by atoms with Crippen LogP contribution < -0.4 is 0 Å². The standard InChI is InChI=1S/C17H19N5O3S/c1-11-9-13(12(2)21(11)7-6-16(24)25-3)14(23)10-22-19-17(18-20-22)15-5-4-8-26-15/h4-5,8-9H,6-7,10H2,1-3H3. The Bertz CT molecular complexity index is 927. The minimum Gasteiger partial charge on any atom is -0.469 e. The summed E-state index contributed by atoms with van der Waals surface area (Å²) >= 11 is 1.52. The van der Waals surface area contributed by atoms with Crippen LogP contribution in [0.4, 0.5) is 0 Å². The molecule has 136 valence electrons. The van der Waals surface area contributed by atoms with Crippen molar-refractivity contribution < 1.29 is 14.3 Å². The summed E-state index contributed by atoms with van der Waals surface area (Å²) in [5.41, 5.74) is 2.33. The molecule has 3 aromatic rings. The lowest BCUT2D eigenvalue weighted by atomic mass is 10.1. The molecule has 0 N–H and O–H groups in total. The summed E-state index contributed by atoms with van der Waals surface area (Å²) < 4.78 is 6.61. The molecule has 0 saturated heterocycles. The molecule has 0 aliphatic rings. The third-order valence-corrected chi connectivity index (χ3v) is 4.99. The van der Waals surface area contributed by atoms with Gasteiger partial charge in [0.2, 0.25) is 5.82 Å². The van der Waals surface area contributed by atoms with Crippen molar-refractivity contribution >= 4 is 23.1 Å². The Labute approximate surface area is 154 Å². The maximum Gasteiger partial charge on any atom is 0.307 e. The molecule has 8 nitrogen and oxygen atoms in total. The van der Waals surface area contributed by atoms with Crippen LogP contribution in [-0.4, -0.2) is 43.6 Å². The summed E-state index contributed by atoms with van der Waals surface area (Å²) in [6, 6.07) is 5.64. The molecule has 3 rings (SSSR count). The number of aryl methyl sites for hydroxylation is 1. The topological polar surface area (TPSA) is 91.9 Å². The SMILES string of the molecule is COC(=O)CCn1c(C)cc(C(=O)Cn2nnc(-c3cccs3)n2)c1C. The van der Waals surface area contributed by atoms with Crippen molar-refractivity contribution in [1.82, 2.24) is 24.8 Å². The maximum absolute atomic E-state index is 12.7. The number of aromatic nitrogens is 5. The van der Waals surface area contributed by atoms with Crippen molar-refractivity contribution in [2.45, 2.75) is 33.4 Å². The molecule has 0 aromatic carbocycles. The minimum atomic E-state index is -0.279. The number of rotatable bonds is 7. The number of carbonyl (C=O) groups is 2. The number of tetrazole rings is 1. The molecule has 0 aliphatic carbocycles. The van der Waals surface area contributed by atoms with Crippen LogP contribution in [0.2, 0.25) is 0 Å². The Morgan fingerprint density at radius 1 is 1.31 bits per heavy atom. The van der Waals surface area contributed by atoms with E-state index in [-0.39, 0.29) is 24.7 Å². The van der Waals surface area contributed by atoms with Gasteiger partial charge in [-0.2, -0.15) is 4.80 Å². The Morgan fingerprint density at radius 2 is 2.12 bits per heavy atom. The number of carbonyl (C=O) groups excluding carboxylic acids is 2. The lowest BCUT2D eigenvalue weighted by Crippen LogP contribution is -2.15. The van der Waals surface area contributed by atoms with Gasteiger partial charge in [0.25, 0.3) is 0 Å². The molecule has 0 saturated carbocycles. The van der Waals surface area contributed by atoms with Gasteiger partial charge in [-0.05, 0) is 36.6 Å². The molecule has 0 radical (unpaired) electrons. The number of hydrogen-bond donors (Lipinski definition) is 0. The van der Waals surface area contributed by atoms with E-state index in [0.717, 1.165) is 16.3 Å². The molecule has 0 unspecified atom stereocenters. The zero-order valence-electron chi connectivity index (χ0n) is 14.8. The fraction of sp³-hybridized carbons (Fsp3) is 0.353. The van der Waals surface area contributed by atoms with Crippen molar-refractivity contribution in [3.8, 4) is 10.7 Å². The molecule has 9 heteroatoms. The second-order valence-electron chi connectivity index (χ2n) is 5.81. The van der Waals surface area contributed by atoms with Crippen LogP contribution in [0.1, 0.15) is 28.2 Å². The highest BCUT2D eigenvalue weighted by molar-refractivity contribution is 7.13. The van der Waals surface area contributed by atoms with Gasteiger partial charge in [0, 0.05) is 23.5 Å². The monoisotopic (exact) mass is 373 g/mol. The number of esters is 1. The van der Waals surface area contributed by atoms with Crippen molar-refractivity contribution in [2.75, 3.05) is 7.11 Å². The maximum atomic E-state index is 12.7. The van der Waals surface area contributed by atoms with E-state index in [1.165, 1.54) is 23.2 Å². The second-order valence-corrected chi connectivity index (χ2v) is 6.75. The number of hydrogen-bond acceptors (Lipinski definition) is 7. The van der Waals surface area contributed by atoms with Crippen molar-refractivity contribution in [1.29, 1.82) is 0 Å². The van der Waals surface area contributed by atoms with Gasteiger partial charge in [-0.3, -0.25) is 9.59 Å². The number of nitrogens with zero attached hydrogens (tertiary/aromatic N) is 5. The van der Waals surface area contributed by atoms with Gasteiger partial charge in [0.1, 0.15) is 6.54 Å². The Balaban J connectivity index is 1.73. The zero-order chi connectivity index (χ0) is 18.7. The number of ketones is 1. The molecule has 26 heavy (non-hydrogen) atoms. The lowest BCUT2D eigenvalue weighted by molar-refractivity contribution is -0.140. The fourth-order valence-electron chi connectivity index (χ4n) is 2.76. The summed E-state index contributed by atoms with van der Waals surface area (Å²) in [6.45, 7) is 4.26. The van der Waals surface area contributed by atoms with Gasteiger partial charge >= 0.3 is 5.97 Å². The highest BCUT2D eigenvalue weighted by atomic mass is 32.1. The van der Waals surface area contributed by atoms with Gasteiger partial charge in [-0.25, -0.2) is 0 Å². The van der Waals surface area contributed by atoms with Crippen LogP contribution in [0.15, 0.2) is 23.6 Å². The first-order chi connectivity index (χ1) is 12.5. The molecule has 0 fully saturated rings. The molecule has 0 bridgehead atoms. The van der Waals surface area contributed by atoms with Crippen molar-refractivity contribution in [3.05, 3.63) is 40.5 Å². The van der Waals surface area contributed by atoms with Crippen LogP contribution in [0, 0.1) is 13.8 Å². The van der Waals surface area contributed by atoms with Crippen molar-refractivity contribution in [3.63, 3.8) is 0 Å². The number of Topliss-reactive ketones (excluding diaryl/α,β-unsaturated/α-hetero) is 1. The van der Waals surface area contributed by atoms with E-state index in [1.54, 1.807) is 0 Å². The molecular formula is C17H19N5O3S. The highest BCUT2D eigenvalue weighted by Gasteiger charge is 2.18. The average molecular weight is 373 g/mol. The van der Waals surface area contributed by atoms with E-state index in [0.29, 0.717) is 17.9 Å². The van der Waals surface area contributed by atoms with Crippen LogP contribution in [-0.2, 0) is 22.6 Å². The zero-order valence-corrected chi connectivity index (χ0v) is 15.6. The lowest BCUT2D eigenvalue weighted by Gasteiger charge is -2.08. The summed E-state index contributed by atoms with van der Waals surface area (Å²) in [5.74, 6) is 0.132. The first-order valence-corrected chi connectivity index (χ1v) is 8.96. The molecule has 3 heterocycles. The van der Waals surface area contributed by atoms with Crippen LogP contribution >= 0.6 is 11.3 Å². The number of methoxy groups -OCH3 is 1. The van der Waals surface area contributed by atoms with Crippen LogP contribution in [0.3, 0.4) is 0 Å². The van der Waals surface area contributed by atoms with E-state index >= 15 is 0 Å². The largest absolute Gasteiger partial charge is 0.469 e. The Morgan fingerprint density at radius 3 is 2.81 bits per heavy atom. The first kappa shape index (κ1) is 18.0. The van der Waals surface area contributed by atoms with Gasteiger partial charge in [-0.1, -0.05) is 6.07 Å². The predicted molar refractivity (Wildman–Crippen MR) is 96.0 cm³/mol. The highest BCUT2D eigenvalue weighted by Crippen LogP contribution is 2.20. The Hall–Kier alpha value is -2.81. The number of thiophene rings is 1. The van der Waals surface area contributed by atoms with E-state index in [9.17, 15) is 9.59 Å². The smallest absolute Gasteiger partial charge is 0.307 e. The molecular weight excluding hydrogens is 354 g/mol. The normalized spacial score (nSPS) is 10.9. The molecule has 0 amide bonds. The second kappa shape index (κ2) is 7.61. The van der Waals surface area contributed by atoms with Gasteiger partial charge < -0.3 is 9.30 Å². The van der Waals surface area contributed by atoms with Gasteiger partial charge in [-0.15, -0.1) is 21.5 Å². The van der Waals surface area contributed by atoms with Gasteiger partial charge in [0.15, 0.2) is 5.78 Å². The fourth-order valence-corrected chi connectivity index (χ4v) is 3.41. The third-order valence-electron chi connectivity index (χ3n) is 4.12. The number of ether oxygens (including phenoxy) is 1. The summed E-state index contributed by atoms with van der Waals surface area (Å²) in [4.78, 5) is 26.2. The molecule has 0 spiro atoms. The summed E-state index contributed by atoms with van der Waals surface area (Å²) in [6.07, 6.45) is 0.259.